The van der Waals surface area contributed by atoms with Crippen molar-refractivity contribution in [2.45, 2.75) is 75.5 Å². The van der Waals surface area contributed by atoms with Crippen LogP contribution in [0.25, 0.3) is 0 Å². The van der Waals surface area contributed by atoms with Gasteiger partial charge in [-0.1, -0.05) is 18.9 Å². The fourth-order valence-corrected chi connectivity index (χ4v) is 6.64. The van der Waals surface area contributed by atoms with Crippen molar-refractivity contribution in [3.63, 3.8) is 0 Å². The normalized spacial score (nSPS) is 29.7. The third-order valence-electron chi connectivity index (χ3n) is 7.52. The highest BCUT2D eigenvalue weighted by atomic mass is 32.1. The van der Waals surface area contributed by atoms with E-state index in [0.717, 1.165) is 63.2 Å². The predicted molar refractivity (Wildman–Crippen MR) is 114 cm³/mol. The Morgan fingerprint density at radius 3 is 2.41 bits per heavy atom. The molecule has 0 unspecified atom stereocenters. The summed E-state index contributed by atoms with van der Waals surface area (Å²) in [6.07, 6.45) is 9.13. The van der Waals surface area contributed by atoms with E-state index in [1.165, 1.54) is 30.6 Å². The van der Waals surface area contributed by atoms with E-state index in [9.17, 15) is 9.59 Å². The molecular formula is C22H32N4O2S. The summed E-state index contributed by atoms with van der Waals surface area (Å²) < 4.78 is 0. The molecule has 1 aliphatic carbocycles. The van der Waals surface area contributed by atoms with Gasteiger partial charge in [-0.25, -0.2) is 4.79 Å². The molecule has 29 heavy (non-hydrogen) atoms. The molecule has 2 atom stereocenters. The first-order chi connectivity index (χ1) is 14.2. The molecule has 3 aliphatic heterocycles. The summed E-state index contributed by atoms with van der Waals surface area (Å²) in [4.78, 5) is 32.9. The molecule has 4 heterocycles. The summed E-state index contributed by atoms with van der Waals surface area (Å²) in [7, 11) is 0. The van der Waals surface area contributed by atoms with Gasteiger partial charge in [-0.2, -0.15) is 0 Å². The molecule has 7 heteroatoms. The van der Waals surface area contributed by atoms with Crippen molar-refractivity contribution >= 4 is 23.3 Å². The first-order valence-corrected chi connectivity index (χ1v) is 12.2. The first kappa shape index (κ1) is 19.4. The van der Waals surface area contributed by atoms with Crippen molar-refractivity contribution in [1.82, 2.24) is 20.0 Å². The maximum absolute atomic E-state index is 12.6. The average molecular weight is 417 g/mol. The van der Waals surface area contributed by atoms with Gasteiger partial charge in [0.2, 0.25) is 0 Å². The van der Waals surface area contributed by atoms with Crippen LogP contribution in [-0.2, 0) is 0 Å². The van der Waals surface area contributed by atoms with Crippen LogP contribution < -0.4 is 5.32 Å². The number of rotatable bonds is 3. The molecule has 1 aromatic rings. The molecule has 0 aromatic carbocycles. The predicted octanol–water partition coefficient (Wildman–Crippen LogP) is 3.15. The van der Waals surface area contributed by atoms with E-state index in [1.54, 1.807) is 0 Å². The van der Waals surface area contributed by atoms with Gasteiger partial charge in [0.1, 0.15) is 0 Å². The second-order valence-corrected chi connectivity index (χ2v) is 10.0. The zero-order valence-electron chi connectivity index (χ0n) is 17.1. The minimum absolute atomic E-state index is 0.181. The number of nitrogens with zero attached hydrogens (tertiary/aromatic N) is 3. The SMILES string of the molecule is O=C(c1cccs1)N1CCC(N2CCC(N3C(=O)N[C@@H]4CCCC[C@H]43)CC2)CC1. The van der Waals surface area contributed by atoms with Crippen LogP contribution in [-0.4, -0.2) is 77.0 Å². The third kappa shape index (κ3) is 3.79. The molecule has 5 rings (SSSR count). The molecule has 158 valence electrons. The molecule has 4 fully saturated rings. The Hall–Kier alpha value is -1.60. The topological polar surface area (TPSA) is 55.9 Å². The zero-order chi connectivity index (χ0) is 19.8. The van der Waals surface area contributed by atoms with E-state index in [4.69, 9.17) is 0 Å². The summed E-state index contributed by atoms with van der Waals surface area (Å²) in [5, 5.41) is 5.21. The minimum atomic E-state index is 0.181. The van der Waals surface area contributed by atoms with Gasteiger partial charge in [0.25, 0.3) is 5.91 Å². The van der Waals surface area contributed by atoms with Gasteiger partial charge >= 0.3 is 6.03 Å². The molecule has 0 radical (unpaired) electrons. The second-order valence-electron chi connectivity index (χ2n) is 9.08. The molecule has 3 amide bonds. The lowest BCUT2D eigenvalue weighted by atomic mass is 9.89. The van der Waals surface area contributed by atoms with Crippen molar-refractivity contribution in [2.75, 3.05) is 26.2 Å². The van der Waals surface area contributed by atoms with E-state index in [1.807, 2.05) is 22.4 Å². The zero-order valence-corrected chi connectivity index (χ0v) is 17.9. The summed E-state index contributed by atoms with van der Waals surface area (Å²) in [5.41, 5.74) is 0. The lowest BCUT2D eigenvalue weighted by Gasteiger charge is -2.44. The highest BCUT2D eigenvalue weighted by molar-refractivity contribution is 7.12. The molecular weight excluding hydrogens is 384 g/mol. The van der Waals surface area contributed by atoms with Gasteiger partial charge in [0.05, 0.1) is 17.0 Å². The van der Waals surface area contributed by atoms with Gasteiger partial charge in [0.15, 0.2) is 0 Å². The van der Waals surface area contributed by atoms with E-state index >= 15 is 0 Å². The summed E-state index contributed by atoms with van der Waals surface area (Å²) in [6.45, 7) is 3.88. The summed E-state index contributed by atoms with van der Waals surface area (Å²) in [5.74, 6) is 0.194. The fourth-order valence-electron chi connectivity index (χ4n) is 5.95. The van der Waals surface area contributed by atoms with Crippen molar-refractivity contribution < 1.29 is 9.59 Å². The number of fused-ring (bicyclic) bond motifs is 1. The van der Waals surface area contributed by atoms with Crippen LogP contribution in [0.4, 0.5) is 4.79 Å². The Bertz CT molecular complexity index is 723. The number of urea groups is 1. The Balaban J connectivity index is 1.12. The van der Waals surface area contributed by atoms with E-state index in [0.29, 0.717) is 24.2 Å². The van der Waals surface area contributed by atoms with Crippen LogP contribution >= 0.6 is 11.3 Å². The maximum atomic E-state index is 12.6. The van der Waals surface area contributed by atoms with Crippen LogP contribution in [0.15, 0.2) is 17.5 Å². The number of amides is 3. The van der Waals surface area contributed by atoms with E-state index in [2.05, 4.69) is 15.1 Å². The standard InChI is InChI=1S/C22H32N4O2S/c27-21(20-6-3-15-29-20)25-13-7-16(8-14-25)24-11-9-17(10-12-24)26-19-5-2-1-4-18(19)23-22(26)28/h3,6,15-19H,1-2,4-5,7-14H2,(H,23,28)/t18-,19-/m1/s1. The average Bonchev–Trinajstić information content (AvgIpc) is 3.41. The number of hydrogen-bond donors (Lipinski definition) is 1. The van der Waals surface area contributed by atoms with Crippen LogP contribution in [0, 0.1) is 0 Å². The molecule has 4 aliphatic rings. The minimum Gasteiger partial charge on any atom is -0.338 e. The van der Waals surface area contributed by atoms with Gasteiger partial charge < -0.3 is 20.0 Å². The Morgan fingerprint density at radius 2 is 1.69 bits per heavy atom. The number of carbonyl (C=O) groups is 2. The van der Waals surface area contributed by atoms with Crippen molar-refractivity contribution in [2.24, 2.45) is 0 Å². The monoisotopic (exact) mass is 416 g/mol. The molecule has 1 N–H and O–H groups in total. The molecule has 1 aromatic heterocycles. The first-order valence-electron chi connectivity index (χ1n) is 11.4. The van der Waals surface area contributed by atoms with Gasteiger partial charge in [-0.3, -0.25) is 4.79 Å². The Kier molecular flexibility index (Phi) is 5.52. The second kappa shape index (κ2) is 8.26. The summed E-state index contributed by atoms with van der Waals surface area (Å²) >= 11 is 1.53. The quantitative estimate of drug-likeness (QED) is 0.824. The van der Waals surface area contributed by atoms with Gasteiger partial charge in [-0.05, 0) is 50.0 Å². The number of hydrogen-bond acceptors (Lipinski definition) is 4. The van der Waals surface area contributed by atoms with Crippen molar-refractivity contribution in [3.8, 4) is 0 Å². The van der Waals surface area contributed by atoms with E-state index in [-0.39, 0.29) is 11.9 Å². The number of piperidine rings is 2. The van der Waals surface area contributed by atoms with Crippen LogP contribution in [0.3, 0.4) is 0 Å². The van der Waals surface area contributed by atoms with Gasteiger partial charge in [0, 0.05) is 38.3 Å². The number of likely N-dealkylation sites (tertiary alicyclic amines) is 2. The fraction of sp³-hybridized carbons (Fsp3) is 0.727. The Labute approximate surface area is 177 Å². The molecule has 1 saturated carbocycles. The van der Waals surface area contributed by atoms with Crippen LogP contribution in [0.5, 0.6) is 0 Å². The third-order valence-corrected chi connectivity index (χ3v) is 8.38. The largest absolute Gasteiger partial charge is 0.338 e. The molecule has 3 saturated heterocycles. The molecule has 0 spiro atoms. The van der Waals surface area contributed by atoms with Crippen molar-refractivity contribution in [1.29, 1.82) is 0 Å². The highest BCUT2D eigenvalue weighted by Gasteiger charge is 2.44. The number of thiophene rings is 1. The van der Waals surface area contributed by atoms with Gasteiger partial charge in [-0.15, -0.1) is 11.3 Å². The summed E-state index contributed by atoms with van der Waals surface area (Å²) in [6, 6.07) is 5.86. The smallest absolute Gasteiger partial charge is 0.318 e. The Morgan fingerprint density at radius 1 is 0.966 bits per heavy atom. The van der Waals surface area contributed by atoms with Crippen LogP contribution in [0.2, 0.25) is 0 Å². The van der Waals surface area contributed by atoms with Crippen LogP contribution in [0.1, 0.15) is 61.0 Å². The van der Waals surface area contributed by atoms with E-state index < -0.39 is 0 Å². The van der Waals surface area contributed by atoms with Crippen molar-refractivity contribution in [3.05, 3.63) is 22.4 Å². The lowest BCUT2D eigenvalue weighted by molar-refractivity contribution is 0.0474. The molecule has 0 bridgehead atoms. The maximum Gasteiger partial charge on any atom is 0.318 e. The highest BCUT2D eigenvalue weighted by Crippen LogP contribution is 2.33. The molecule has 6 nitrogen and oxygen atoms in total. The number of nitrogens with one attached hydrogen (secondary N) is 1. The number of carbonyl (C=O) groups excluding carboxylic acids is 2. The lowest BCUT2D eigenvalue weighted by Crippen LogP contribution is -2.53.